The van der Waals surface area contributed by atoms with E-state index in [-0.39, 0.29) is 0 Å². The molecule has 0 radical (unpaired) electrons. The summed E-state index contributed by atoms with van der Waals surface area (Å²) in [5.41, 5.74) is 1.36. The number of rotatable bonds is 4. The first-order chi connectivity index (χ1) is 7.78. The van der Waals surface area contributed by atoms with Crippen LogP contribution < -0.4 is 5.32 Å². The Hall–Kier alpha value is -0.130. The van der Waals surface area contributed by atoms with Gasteiger partial charge in [0.25, 0.3) is 0 Å². The van der Waals surface area contributed by atoms with Gasteiger partial charge in [-0.25, -0.2) is 0 Å². The zero-order valence-electron chi connectivity index (χ0n) is 9.58. The summed E-state index contributed by atoms with van der Waals surface area (Å²) in [6.45, 7) is 0.970. The van der Waals surface area contributed by atoms with Crippen molar-refractivity contribution in [1.82, 2.24) is 5.32 Å². The average Bonchev–Trinajstić information content (AvgIpc) is 2.76. The van der Waals surface area contributed by atoms with E-state index < -0.39 is 0 Å². The fourth-order valence-electron chi connectivity index (χ4n) is 2.20. The molecule has 0 aromatic heterocycles. The molecule has 88 valence electrons. The van der Waals surface area contributed by atoms with Crippen LogP contribution >= 0.6 is 22.6 Å². The minimum Gasteiger partial charge on any atom is -0.381 e. The van der Waals surface area contributed by atoms with Crippen LogP contribution in [-0.4, -0.2) is 19.3 Å². The van der Waals surface area contributed by atoms with Gasteiger partial charge in [0.2, 0.25) is 0 Å². The fourth-order valence-corrected chi connectivity index (χ4v) is 2.56. The van der Waals surface area contributed by atoms with Crippen LogP contribution in [0.2, 0.25) is 0 Å². The first-order valence-electron chi connectivity index (χ1n) is 5.78. The third-order valence-electron chi connectivity index (χ3n) is 3.23. The molecule has 1 aliphatic rings. The van der Waals surface area contributed by atoms with Crippen molar-refractivity contribution >= 4 is 22.6 Å². The summed E-state index contributed by atoms with van der Waals surface area (Å²) in [5, 5.41) is 3.60. The number of hydrogen-bond acceptors (Lipinski definition) is 2. The van der Waals surface area contributed by atoms with Crippen molar-refractivity contribution in [2.45, 2.75) is 38.0 Å². The van der Waals surface area contributed by atoms with E-state index in [1.54, 1.807) is 0 Å². The predicted molar refractivity (Wildman–Crippen MR) is 74.4 cm³/mol. The van der Waals surface area contributed by atoms with Crippen molar-refractivity contribution in [3.63, 3.8) is 0 Å². The average molecular weight is 331 g/mol. The Kier molecular flexibility index (Phi) is 4.61. The van der Waals surface area contributed by atoms with Gasteiger partial charge < -0.3 is 10.1 Å². The van der Waals surface area contributed by atoms with Crippen LogP contribution in [0.5, 0.6) is 0 Å². The standard InChI is InChI=1S/C13H18INO/c1-16-13-7-6-12(8-13)15-9-10-2-4-11(14)5-3-10/h2-5,12-13,15H,6-9H2,1H3. The minimum atomic E-state index is 0.467. The summed E-state index contributed by atoms with van der Waals surface area (Å²) in [6.07, 6.45) is 4.05. The first kappa shape index (κ1) is 12.3. The quantitative estimate of drug-likeness (QED) is 0.857. The Morgan fingerprint density at radius 3 is 2.69 bits per heavy atom. The van der Waals surface area contributed by atoms with Gasteiger partial charge in [-0.2, -0.15) is 0 Å². The molecule has 16 heavy (non-hydrogen) atoms. The molecule has 1 fully saturated rings. The van der Waals surface area contributed by atoms with Gasteiger partial charge in [0.05, 0.1) is 6.10 Å². The monoisotopic (exact) mass is 331 g/mol. The van der Waals surface area contributed by atoms with Gasteiger partial charge in [-0.05, 0) is 59.5 Å². The van der Waals surface area contributed by atoms with E-state index in [4.69, 9.17) is 4.74 Å². The highest BCUT2D eigenvalue weighted by atomic mass is 127. The zero-order valence-corrected chi connectivity index (χ0v) is 11.7. The lowest BCUT2D eigenvalue weighted by Crippen LogP contribution is -2.26. The van der Waals surface area contributed by atoms with Crippen LogP contribution in [-0.2, 0) is 11.3 Å². The van der Waals surface area contributed by atoms with E-state index in [0.29, 0.717) is 12.1 Å². The molecular formula is C13H18INO. The van der Waals surface area contributed by atoms with Gasteiger partial charge in [-0.3, -0.25) is 0 Å². The van der Waals surface area contributed by atoms with E-state index in [0.717, 1.165) is 13.0 Å². The number of benzene rings is 1. The lowest BCUT2D eigenvalue weighted by molar-refractivity contribution is 0.107. The van der Waals surface area contributed by atoms with Gasteiger partial charge in [0, 0.05) is 23.3 Å². The fraction of sp³-hybridized carbons (Fsp3) is 0.538. The molecule has 1 N–H and O–H groups in total. The molecule has 2 nitrogen and oxygen atoms in total. The van der Waals surface area contributed by atoms with Gasteiger partial charge in [-0.15, -0.1) is 0 Å². The summed E-state index contributed by atoms with van der Waals surface area (Å²) in [5.74, 6) is 0. The summed E-state index contributed by atoms with van der Waals surface area (Å²) in [4.78, 5) is 0. The molecule has 0 spiro atoms. The van der Waals surface area contributed by atoms with Crippen molar-refractivity contribution in [3.8, 4) is 0 Å². The summed E-state index contributed by atoms with van der Waals surface area (Å²) >= 11 is 2.33. The smallest absolute Gasteiger partial charge is 0.0586 e. The lowest BCUT2D eigenvalue weighted by atomic mass is 10.2. The van der Waals surface area contributed by atoms with Crippen molar-refractivity contribution in [2.24, 2.45) is 0 Å². The number of halogens is 1. The maximum Gasteiger partial charge on any atom is 0.0586 e. The largest absolute Gasteiger partial charge is 0.381 e. The molecule has 0 heterocycles. The van der Waals surface area contributed by atoms with Crippen molar-refractivity contribution in [2.75, 3.05) is 7.11 Å². The minimum absolute atomic E-state index is 0.467. The SMILES string of the molecule is COC1CCC(NCc2ccc(I)cc2)C1. The Balaban J connectivity index is 1.77. The maximum atomic E-state index is 5.37. The van der Waals surface area contributed by atoms with Crippen LogP contribution in [0, 0.1) is 3.57 Å². The number of methoxy groups -OCH3 is 1. The molecule has 2 atom stereocenters. The third-order valence-corrected chi connectivity index (χ3v) is 3.95. The van der Waals surface area contributed by atoms with E-state index in [9.17, 15) is 0 Å². The molecule has 0 amide bonds. The van der Waals surface area contributed by atoms with Crippen molar-refractivity contribution in [1.29, 1.82) is 0 Å². The molecule has 2 rings (SSSR count). The molecule has 2 unspecified atom stereocenters. The highest BCUT2D eigenvalue weighted by Gasteiger charge is 2.23. The van der Waals surface area contributed by atoms with Crippen LogP contribution in [0.1, 0.15) is 24.8 Å². The van der Waals surface area contributed by atoms with Crippen LogP contribution in [0.25, 0.3) is 0 Å². The summed E-state index contributed by atoms with van der Waals surface area (Å²) in [7, 11) is 1.81. The molecule has 1 aromatic carbocycles. The molecule has 1 aromatic rings. The van der Waals surface area contributed by atoms with Gasteiger partial charge in [0.1, 0.15) is 0 Å². The van der Waals surface area contributed by atoms with Crippen molar-refractivity contribution < 1.29 is 4.74 Å². The van der Waals surface area contributed by atoms with E-state index in [1.165, 1.54) is 22.0 Å². The molecule has 0 aliphatic heterocycles. The van der Waals surface area contributed by atoms with Crippen molar-refractivity contribution in [3.05, 3.63) is 33.4 Å². The first-order valence-corrected chi connectivity index (χ1v) is 6.86. The maximum absolute atomic E-state index is 5.37. The molecule has 0 bridgehead atoms. The summed E-state index contributed by atoms with van der Waals surface area (Å²) < 4.78 is 6.66. The predicted octanol–water partition coefficient (Wildman–Crippen LogP) is 2.95. The summed E-state index contributed by atoms with van der Waals surface area (Å²) in [6, 6.07) is 9.33. The van der Waals surface area contributed by atoms with E-state index in [2.05, 4.69) is 52.2 Å². The molecular weight excluding hydrogens is 313 g/mol. The highest BCUT2D eigenvalue weighted by molar-refractivity contribution is 14.1. The zero-order chi connectivity index (χ0) is 11.4. The molecule has 1 aliphatic carbocycles. The van der Waals surface area contributed by atoms with Crippen LogP contribution in [0.4, 0.5) is 0 Å². The molecule has 3 heteroatoms. The van der Waals surface area contributed by atoms with Gasteiger partial charge in [0.15, 0.2) is 0 Å². The normalized spacial score (nSPS) is 24.9. The Bertz CT molecular complexity index is 325. The second-order valence-corrected chi connectivity index (χ2v) is 5.62. The second kappa shape index (κ2) is 5.98. The lowest BCUT2D eigenvalue weighted by Gasteiger charge is -2.12. The topological polar surface area (TPSA) is 21.3 Å². The second-order valence-electron chi connectivity index (χ2n) is 4.38. The highest BCUT2D eigenvalue weighted by Crippen LogP contribution is 2.21. The Labute approximate surface area is 111 Å². The number of hydrogen-bond donors (Lipinski definition) is 1. The Morgan fingerprint density at radius 1 is 1.31 bits per heavy atom. The van der Waals surface area contributed by atoms with Crippen LogP contribution in [0.3, 0.4) is 0 Å². The van der Waals surface area contributed by atoms with Gasteiger partial charge >= 0.3 is 0 Å². The van der Waals surface area contributed by atoms with E-state index >= 15 is 0 Å². The Morgan fingerprint density at radius 2 is 2.06 bits per heavy atom. The molecule has 1 saturated carbocycles. The number of ether oxygens (including phenoxy) is 1. The van der Waals surface area contributed by atoms with Gasteiger partial charge in [-0.1, -0.05) is 12.1 Å². The third kappa shape index (κ3) is 3.43. The molecule has 0 saturated heterocycles. The van der Waals surface area contributed by atoms with Crippen LogP contribution in [0.15, 0.2) is 24.3 Å². The number of nitrogens with one attached hydrogen (secondary N) is 1. The van der Waals surface area contributed by atoms with E-state index in [1.807, 2.05) is 7.11 Å².